The molecule has 0 fully saturated rings. The van der Waals surface area contributed by atoms with E-state index in [1.54, 1.807) is 0 Å². The predicted molar refractivity (Wildman–Crippen MR) is 372 cm³/mol. The van der Waals surface area contributed by atoms with E-state index in [-0.39, 0.29) is 0 Å². The summed E-state index contributed by atoms with van der Waals surface area (Å²) in [6, 6.07) is 120. The van der Waals surface area contributed by atoms with Crippen molar-refractivity contribution in [1.82, 2.24) is 19.1 Å². The van der Waals surface area contributed by atoms with Crippen LogP contribution in [0, 0.1) is 11.3 Å². The molecule has 0 saturated carbocycles. The first-order valence-corrected chi connectivity index (χ1v) is 30.3. The zero-order valence-electron chi connectivity index (χ0n) is 48.9. The topological polar surface area (TPSA) is 65.9 Å². The summed E-state index contributed by atoms with van der Waals surface area (Å²) in [5.41, 5.74) is 21.1. The zero-order chi connectivity index (χ0) is 59.9. The summed E-state index contributed by atoms with van der Waals surface area (Å²) in [5, 5.41) is 16.0. The molecule has 0 unspecified atom stereocenters. The molecule has 0 aliphatic heterocycles. The first-order chi connectivity index (χ1) is 44.6. The minimum atomic E-state index is 0.483. The number of anilines is 6. The van der Waals surface area contributed by atoms with Gasteiger partial charge in [0.2, 0.25) is 0 Å². The second-order valence-corrected chi connectivity index (χ2v) is 22.5. The summed E-state index contributed by atoms with van der Waals surface area (Å²) in [6.45, 7) is 0. The first kappa shape index (κ1) is 53.1. The minimum Gasteiger partial charge on any atom is -0.311 e. The third kappa shape index (κ3) is 9.59. The molecule has 0 spiro atoms. The minimum absolute atomic E-state index is 0.483. The van der Waals surface area contributed by atoms with Crippen molar-refractivity contribution in [2.75, 3.05) is 9.80 Å². The van der Waals surface area contributed by atoms with Gasteiger partial charge in [0.05, 0.1) is 50.4 Å². The number of aromatic nitrogens is 4. The van der Waals surface area contributed by atoms with Crippen LogP contribution in [0.4, 0.5) is 34.1 Å². The van der Waals surface area contributed by atoms with E-state index in [1.165, 1.54) is 0 Å². The Morgan fingerprint density at radius 2 is 0.600 bits per heavy atom. The van der Waals surface area contributed by atoms with Crippen molar-refractivity contribution >= 4 is 77.7 Å². The van der Waals surface area contributed by atoms with Gasteiger partial charge in [0.15, 0.2) is 5.82 Å². The molecule has 7 nitrogen and oxygen atoms in total. The maximum absolute atomic E-state index is 11.6. The van der Waals surface area contributed by atoms with Gasteiger partial charge in [0.25, 0.3) is 0 Å². The number of hydrogen-bond acceptors (Lipinski definition) is 5. The van der Waals surface area contributed by atoms with Gasteiger partial charge in [-0.05, 0) is 150 Å². The number of fused-ring (bicyclic) bond motifs is 6. The van der Waals surface area contributed by atoms with Crippen molar-refractivity contribution in [2.24, 2.45) is 0 Å². The van der Waals surface area contributed by atoms with Crippen molar-refractivity contribution in [1.29, 1.82) is 5.26 Å². The third-order valence-electron chi connectivity index (χ3n) is 17.1. The van der Waals surface area contributed by atoms with Gasteiger partial charge in [-0.15, -0.1) is 0 Å². The van der Waals surface area contributed by atoms with Crippen LogP contribution in [0.2, 0.25) is 0 Å². The Hall–Kier alpha value is -12.4. The maximum Gasteiger partial charge on any atom is 0.162 e. The Morgan fingerprint density at radius 1 is 0.267 bits per heavy atom. The number of nitrogens with zero attached hydrogens (tertiary/aromatic N) is 7. The average Bonchev–Trinajstić information content (AvgIpc) is 1.55. The lowest BCUT2D eigenvalue weighted by Crippen LogP contribution is -2.09. The smallest absolute Gasteiger partial charge is 0.162 e. The number of rotatable bonds is 13. The van der Waals surface area contributed by atoms with Crippen LogP contribution < -0.4 is 9.80 Å². The summed E-state index contributed by atoms with van der Waals surface area (Å²) in [7, 11) is 0. The molecule has 3 aromatic heterocycles. The van der Waals surface area contributed by atoms with Crippen LogP contribution in [-0.2, 0) is 0 Å². The number of hydrogen-bond donors (Lipinski definition) is 0. The summed E-state index contributed by atoms with van der Waals surface area (Å²) in [5.74, 6) is 0.504. The lowest BCUT2D eigenvalue weighted by molar-refractivity contribution is 1.11. The molecular formula is C83H55N7. The Balaban J connectivity index is 0.879. The number of benzene rings is 13. The van der Waals surface area contributed by atoms with Gasteiger partial charge in [-0.2, -0.15) is 5.26 Å². The van der Waals surface area contributed by atoms with Crippen molar-refractivity contribution in [3.8, 4) is 73.6 Å². The highest BCUT2D eigenvalue weighted by Crippen LogP contribution is 2.44. The first-order valence-electron chi connectivity index (χ1n) is 30.3. The number of nitriles is 1. The SMILES string of the molecule is N#Cc1cc(-c2nc(-c3ccccc3)cc(-c3ccccc3)n2)c(-n2c3ccccc3c3cc(-c4ccc(N(c5ccccc5)c5ccccc5)cc4)ccc32)cc1-n1c2ccccc2c2cc(-c3ccc(N(c4ccccc4)c4ccccc4)cc3)ccc21. The molecule has 0 bridgehead atoms. The zero-order valence-corrected chi connectivity index (χ0v) is 48.9. The molecule has 3 heterocycles. The fourth-order valence-corrected chi connectivity index (χ4v) is 12.9. The normalized spacial score (nSPS) is 11.3. The second kappa shape index (κ2) is 22.8. The molecule has 0 aliphatic rings. The maximum atomic E-state index is 11.6. The number of para-hydroxylation sites is 6. The van der Waals surface area contributed by atoms with E-state index in [9.17, 15) is 5.26 Å². The van der Waals surface area contributed by atoms with Gasteiger partial charge in [0, 0.05) is 72.4 Å². The van der Waals surface area contributed by atoms with E-state index in [0.29, 0.717) is 11.4 Å². The van der Waals surface area contributed by atoms with Crippen LogP contribution in [0.3, 0.4) is 0 Å². The van der Waals surface area contributed by atoms with E-state index in [4.69, 9.17) is 9.97 Å². The van der Waals surface area contributed by atoms with Gasteiger partial charge in [0.1, 0.15) is 6.07 Å². The molecule has 0 N–H and O–H groups in total. The van der Waals surface area contributed by atoms with E-state index < -0.39 is 0 Å². The van der Waals surface area contributed by atoms with E-state index in [2.05, 4.69) is 316 Å². The molecule has 90 heavy (non-hydrogen) atoms. The summed E-state index contributed by atoms with van der Waals surface area (Å²) < 4.78 is 4.62. The highest BCUT2D eigenvalue weighted by Gasteiger charge is 2.25. The second-order valence-electron chi connectivity index (χ2n) is 22.5. The van der Waals surface area contributed by atoms with Crippen molar-refractivity contribution < 1.29 is 0 Å². The monoisotopic (exact) mass is 1150 g/mol. The molecule has 7 heteroatoms. The van der Waals surface area contributed by atoms with E-state index in [1.807, 2.05) is 42.5 Å². The summed E-state index contributed by atoms with van der Waals surface area (Å²) >= 11 is 0. The van der Waals surface area contributed by atoms with Crippen LogP contribution in [0.1, 0.15) is 5.56 Å². The summed E-state index contributed by atoms with van der Waals surface area (Å²) in [4.78, 5) is 15.5. The average molecular weight is 1150 g/mol. The third-order valence-corrected chi connectivity index (χ3v) is 17.1. The molecule has 0 aliphatic carbocycles. The van der Waals surface area contributed by atoms with Crippen molar-refractivity contribution in [3.05, 3.63) is 339 Å². The van der Waals surface area contributed by atoms with E-state index in [0.717, 1.165) is 139 Å². The summed E-state index contributed by atoms with van der Waals surface area (Å²) in [6.07, 6.45) is 0. The molecule has 16 rings (SSSR count). The van der Waals surface area contributed by atoms with Gasteiger partial charge >= 0.3 is 0 Å². The van der Waals surface area contributed by atoms with Crippen LogP contribution in [0.15, 0.2) is 334 Å². The molecule has 0 atom stereocenters. The Kier molecular flexibility index (Phi) is 13.5. The van der Waals surface area contributed by atoms with E-state index >= 15 is 0 Å². The van der Waals surface area contributed by atoms with Gasteiger partial charge < -0.3 is 18.9 Å². The Morgan fingerprint density at radius 3 is 1.00 bits per heavy atom. The van der Waals surface area contributed by atoms with Crippen LogP contribution >= 0.6 is 0 Å². The quantitative estimate of drug-likeness (QED) is 0.115. The van der Waals surface area contributed by atoms with Gasteiger partial charge in [-0.3, -0.25) is 0 Å². The van der Waals surface area contributed by atoms with Crippen molar-refractivity contribution in [3.63, 3.8) is 0 Å². The van der Waals surface area contributed by atoms with Crippen LogP contribution in [0.25, 0.3) is 111 Å². The predicted octanol–water partition coefficient (Wildman–Crippen LogP) is 21.8. The molecule has 13 aromatic carbocycles. The van der Waals surface area contributed by atoms with Gasteiger partial charge in [-0.25, -0.2) is 9.97 Å². The molecule has 422 valence electrons. The van der Waals surface area contributed by atoms with Crippen molar-refractivity contribution in [2.45, 2.75) is 0 Å². The molecule has 0 radical (unpaired) electrons. The Labute approximate surface area is 521 Å². The largest absolute Gasteiger partial charge is 0.311 e. The Bertz CT molecular complexity index is 5200. The molecule has 16 aromatic rings. The molecular weight excluding hydrogens is 1090 g/mol. The lowest BCUT2D eigenvalue weighted by atomic mass is 10.0. The van der Waals surface area contributed by atoms with Crippen LogP contribution in [0.5, 0.6) is 0 Å². The fraction of sp³-hybridized carbons (Fsp3) is 0. The van der Waals surface area contributed by atoms with Crippen LogP contribution in [-0.4, -0.2) is 19.1 Å². The standard InChI is InChI=1S/C83H55N7/c84-56-63-53-74(83-85-75(59-23-7-1-8-24-59)54-76(86-83)60-25-9-2-10-26-60)82(90-78-38-22-20-36-71(78)73-52-62(44-50-80(73)90)58-41-47-69(48-42-58)88(66-31-15-5-16-32-66)67-33-17-6-18-34-67)55-81(63)89-77-37-21-19-35-70(77)72-51-61(43-49-79(72)89)57-39-45-68(46-40-57)87(64-27-11-3-12-28-64)65-29-13-4-14-30-65/h1-55H. The fourth-order valence-electron chi connectivity index (χ4n) is 12.9. The molecule has 0 saturated heterocycles. The van der Waals surface area contributed by atoms with Gasteiger partial charge in [-0.1, -0.05) is 206 Å². The highest BCUT2D eigenvalue weighted by molar-refractivity contribution is 6.13. The highest BCUT2D eigenvalue weighted by atomic mass is 15.1. The lowest BCUT2D eigenvalue weighted by Gasteiger charge is -2.25. The molecule has 0 amide bonds.